The maximum atomic E-state index is 12.7. The number of rotatable bonds is 11. The van der Waals surface area contributed by atoms with E-state index in [0.29, 0.717) is 26.0 Å². The molecule has 1 aromatic heterocycles. The van der Waals surface area contributed by atoms with Gasteiger partial charge in [0.1, 0.15) is 0 Å². The number of ketones is 1. The summed E-state index contributed by atoms with van der Waals surface area (Å²) in [6.45, 7) is 6.30. The molecule has 0 aliphatic carbocycles. The number of amides is 1. The van der Waals surface area contributed by atoms with Gasteiger partial charge in [-0.15, -0.1) is 0 Å². The molecule has 6 nitrogen and oxygen atoms in total. The highest BCUT2D eigenvalue weighted by Crippen LogP contribution is 2.36. The van der Waals surface area contributed by atoms with Gasteiger partial charge in [-0.2, -0.15) is 13.2 Å². The second-order valence-electron chi connectivity index (χ2n) is 8.51. The first-order valence-electron chi connectivity index (χ1n) is 10.8. The Labute approximate surface area is 185 Å². The van der Waals surface area contributed by atoms with Crippen molar-refractivity contribution in [2.45, 2.75) is 71.5 Å². The van der Waals surface area contributed by atoms with Crippen LogP contribution in [0.4, 0.5) is 13.2 Å². The van der Waals surface area contributed by atoms with Crippen LogP contribution in [-0.4, -0.2) is 41.8 Å². The summed E-state index contributed by atoms with van der Waals surface area (Å²) in [5.74, 6) is -2.54. The Bertz CT molecular complexity index is 841. The smallest absolute Gasteiger partial charge is 0.449 e. The lowest BCUT2D eigenvalue weighted by molar-refractivity contribution is -0.153. The number of carbonyl (C=O) groups excluding carboxylic acids is 3. The Balaban J connectivity index is 1.91. The van der Waals surface area contributed by atoms with Crippen LogP contribution in [0.1, 0.15) is 75.6 Å². The Kier molecular flexibility index (Phi) is 8.69. The number of allylic oxidation sites excluding steroid dienone is 1. The van der Waals surface area contributed by atoms with Gasteiger partial charge in [0.15, 0.2) is 5.76 Å². The fraction of sp³-hybridized carbons (Fsp3) is 0.609. The van der Waals surface area contributed by atoms with Gasteiger partial charge in [0, 0.05) is 18.4 Å². The lowest BCUT2D eigenvalue weighted by Gasteiger charge is -2.23. The van der Waals surface area contributed by atoms with Gasteiger partial charge >= 0.3 is 12.1 Å². The van der Waals surface area contributed by atoms with Crippen LogP contribution in [0, 0.1) is 5.41 Å². The molecule has 2 rings (SSSR count). The molecular weight excluding hydrogens is 427 g/mol. The Morgan fingerprint density at radius 3 is 2.53 bits per heavy atom. The van der Waals surface area contributed by atoms with Gasteiger partial charge in [-0.3, -0.25) is 14.4 Å². The van der Waals surface area contributed by atoms with Gasteiger partial charge in [0.25, 0.3) is 0 Å². The number of unbranched alkanes of at least 4 members (excludes halogenated alkanes) is 3. The van der Waals surface area contributed by atoms with E-state index in [-0.39, 0.29) is 17.9 Å². The molecule has 0 N–H and O–H groups in total. The van der Waals surface area contributed by atoms with Crippen molar-refractivity contribution >= 4 is 17.7 Å². The first-order chi connectivity index (χ1) is 15.0. The van der Waals surface area contributed by atoms with Crippen molar-refractivity contribution in [2.24, 2.45) is 5.41 Å². The highest BCUT2D eigenvalue weighted by atomic mass is 19.4. The van der Waals surface area contributed by atoms with Gasteiger partial charge in [-0.25, -0.2) is 0 Å². The van der Waals surface area contributed by atoms with Crippen molar-refractivity contribution < 1.29 is 36.7 Å². The van der Waals surface area contributed by atoms with E-state index in [1.807, 2.05) is 13.8 Å². The molecule has 0 spiro atoms. The second kappa shape index (κ2) is 10.8. The minimum atomic E-state index is -4.66. The topological polar surface area (TPSA) is 76.8 Å². The first kappa shape index (κ1) is 25.7. The number of alkyl halides is 3. The Morgan fingerprint density at radius 2 is 1.91 bits per heavy atom. The van der Waals surface area contributed by atoms with E-state index >= 15 is 0 Å². The average molecular weight is 457 g/mol. The summed E-state index contributed by atoms with van der Waals surface area (Å²) in [6.07, 6.45) is 2.10. The SMILES string of the molecule is CCOC(=O)CCCCCCN1C(=O)C(C)(C)CC1C=CC(=O)c1ccc(C(F)(F)F)o1. The van der Waals surface area contributed by atoms with Crippen LogP contribution < -0.4 is 0 Å². The standard InChI is InChI=1S/C23H30F3NO5/c1-4-31-20(29)9-7-5-6-8-14-27-16(15-22(2,3)21(27)30)10-11-17(28)18-12-13-19(32-18)23(24,25)26/h10-13,16H,4-9,14-15H2,1-3H3. The molecule has 0 saturated carbocycles. The van der Waals surface area contributed by atoms with Gasteiger partial charge in [0.2, 0.25) is 17.5 Å². The molecule has 0 aromatic carbocycles. The quantitative estimate of drug-likeness (QED) is 0.198. The Hall–Kier alpha value is -2.58. The van der Waals surface area contributed by atoms with E-state index in [0.717, 1.165) is 37.8 Å². The molecule has 1 fully saturated rings. The van der Waals surface area contributed by atoms with Crippen molar-refractivity contribution in [2.75, 3.05) is 13.2 Å². The normalized spacial score (nSPS) is 18.5. The Morgan fingerprint density at radius 1 is 1.22 bits per heavy atom. The fourth-order valence-corrected chi connectivity index (χ4v) is 3.74. The maximum Gasteiger partial charge on any atom is 0.449 e. The van der Waals surface area contributed by atoms with Crippen molar-refractivity contribution in [1.29, 1.82) is 0 Å². The van der Waals surface area contributed by atoms with Crippen molar-refractivity contribution in [3.05, 3.63) is 35.8 Å². The summed E-state index contributed by atoms with van der Waals surface area (Å²) < 4.78 is 47.5. The third-order valence-corrected chi connectivity index (χ3v) is 5.39. The lowest BCUT2D eigenvalue weighted by atomic mass is 9.90. The zero-order valence-electron chi connectivity index (χ0n) is 18.7. The highest BCUT2D eigenvalue weighted by Gasteiger charge is 2.43. The van der Waals surface area contributed by atoms with Gasteiger partial charge < -0.3 is 14.1 Å². The number of furan rings is 1. The predicted molar refractivity (Wildman–Crippen MR) is 111 cm³/mol. The first-order valence-corrected chi connectivity index (χ1v) is 10.8. The molecule has 1 aliphatic heterocycles. The van der Waals surface area contributed by atoms with E-state index in [1.165, 1.54) is 6.08 Å². The molecule has 2 heterocycles. The zero-order valence-corrected chi connectivity index (χ0v) is 18.7. The minimum absolute atomic E-state index is 0.0246. The summed E-state index contributed by atoms with van der Waals surface area (Å²) in [5, 5.41) is 0. The summed E-state index contributed by atoms with van der Waals surface area (Å²) in [7, 11) is 0. The summed E-state index contributed by atoms with van der Waals surface area (Å²) >= 11 is 0. The van der Waals surface area contributed by atoms with E-state index in [4.69, 9.17) is 4.74 Å². The number of nitrogens with zero attached hydrogens (tertiary/aromatic N) is 1. The van der Waals surface area contributed by atoms with E-state index in [9.17, 15) is 27.6 Å². The van der Waals surface area contributed by atoms with Crippen LogP contribution >= 0.6 is 0 Å². The molecule has 1 saturated heterocycles. The van der Waals surface area contributed by atoms with Crippen LogP contribution in [0.5, 0.6) is 0 Å². The number of ether oxygens (including phenoxy) is 1. The van der Waals surface area contributed by atoms with E-state index in [2.05, 4.69) is 4.42 Å². The summed E-state index contributed by atoms with van der Waals surface area (Å²) in [5.41, 5.74) is -0.587. The van der Waals surface area contributed by atoms with Crippen LogP contribution in [0.25, 0.3) is 0 Å². The molecule has 32 heavy (non-hydrogen) atoms. The average Bonchev–Trinajstić information content (AvgIpc) is 3.28. The fourth-order valence-electron chi connectivity index (χ4n) is 3.74. The van der Waals surface area contributed by atoms with Gasteiger partial charge in [0.05, 0.1) is 12.6 Å². The number of halogens is 3. The maximum absolute atomic E-state index is 12.7. The van der Waals surface area contributed by atoms with Crippen molar-refractivity contribution in [3.8, 4) is 0 Å². The largest absolute Gasteiger partial charge is 0.466 e. The molecule has 0 radical (unpaired) electrons. The minimum Gasteiger partial charge on any atom is -0.466 e. The van der Waals surface area contributed by atoms with Crippen LogP contribution in [0.3, 0.4) is 0 Å². The van der Waals surface area contributed by atoms with Crippen LogP contribution in [-0.2, 0) is 20.5 Å². The van der Waals surface area contributed by atoms with Crippen molar-refractivity contribution in [3.63, 3.8) is 0 Å². The second-order valence-corrected chi connectivity index (χ2v) is 8.51. The van der Waals surface area contributed by atoms with Gasteiger partial charge in [-0.05, 0) is 44.4 Å². The molecule has 0 bridgehead atoms. The molecule has 1 atom stereocenters. The predicted octanol–water partition coefficient (Wildman–Crippen LogP) is 5.18. The third kappa shape index (κ3) is 6.97. The van der Waals surface area contributed by atoms with Gasteiger partial charge in [-0.1, -0.05) is 32.8 Å². The molecular formula is C23H30F3NO5. The summed E-state index contributed by atoms with van der Waals surface area (Å²) in [6, 6.07) is 1.39. The van der Waals surface area contributed by atoms with E-state index in [1.54, 1.807) is 17.9 Å². The number of hydrogen-bond donors (Lipinski definition) is 0. The molecule has 1 aliphatic rings. The molecule has 178 valence electrons. The monoisotopic (exact) mass is 457 g/mol. The number of carbonyl (C=O) groups is 3. The molecule has 1 amide bonds. The van der Waals surface area contributed by atoms with E-state index < -0.39 is 28.9 Å². The number of likely N-dealkylation sites (tertiary alicyclic amines) is 1. The van der Waals surface area contributed by atoms with Crippen LogP contribution in [0.2, 0.25) is 0 Å². The lowest BCUT2D eigenvalue weighted by Crippen LogP contribution is -2.35. The van der Waals surface area contributed by atoms with Crippen LogP contribution in [0.15, 0.2) is 28.7 Å². The summed E-state index contributed by atoms with van der Waals surface area (Å²) in [4.78, 5) is 38.0. The zero-order chi connectivity index (χ0) is 23.9. The molecule has 1 aromatic rings. The number of hydrogen-bond acceptors (Lipinski definition) is 5. The molecule has 9 heteroatoms. The highest BCUT2D eigenvalue weighted by molar-refractivity contribution is 6.02. The molecule has 1 unspecified atom stereocenters. The third-order valence-electron chi connectivity index (χ3n) is 5.39. The number of esters is 1. The van der Waals surface area contributed by atoms with Crippen molar-refractivity contribution in [1.82, 2.24) is 4.90 Å².